The van der Waals surface area contributed by atoms with Gasteiger partial charge in [-0.25, -0.2) is 0 Å². The van der Waals surface area contributed by atoms with E-state index in [1.165, 1.54) is 4.90 Å². The molecule has 3 aliphatic rings. The van der Waals surface area contributed by atoms with Gasteiger partial charge in [-0.3, -0.25) is 14.5 Å². The van der Waals surface area contributed by atoms with Gasteiger partial charge in [0.2, 0.25) is 11.8 Å². The van der Waals surface area contributed by atoms with Gasteiger partial charge in [-0.1, -0.05) is 12.1 Å². The quantitative estimate of drug-likeness (QED) is 0.359. The Morgan fingerprint density at radius 2 is 1.53 bits per heavy atom. The number of ether oxygens (including phenoxy) is 3. The van der Waals surface area contributed by atoms with E-state index < -0.39 is 6.10 Å². The Balaban J connectivity index is 1.26. The van der Waals surface area contributed by atoms with Crippen molar-refractivity contribution in [1.82, 2.24) is 4.90 Å². The molecule has 6 rings (SSSR count). The van der Waals surface area contributed by atoms with E-state index in [9.17, 15) is 19.8 Å². The molecule has 1 saturated heterocycles. The Kier molecular flexibility index (Phi) is 6.15. The number of likely N-dealkylation sites (tertiary alicyclic amines) is 1. The van der Waals surface area contributed by atoms with E-state index >= 15 is 0 Å². The lowest BCUT2D eigenvalue weighted by molar-refractivity contribution is -0.138. The van der Waals surface area contributed by atoms with Crippen LogP contribution in [0.4, 0.5) is 0 Å². The van der Waals surface area contributed by atoms with E-state index in [2.05, 4.69) is 0 Å². The standard InChI is InChI=1S/C30H27NO7/c32-19-5-9-24-25(16-19)37-15-12-23-22-8-4-20(33)17-26(22)38-30(29(23)24)18-2-6-21(7-3-18)36-14-1-13-31-27(34)10-11-28(31)35/h2-9,16-17,30,32-33H,1,10-15H2/t30-/m1/s1. The van der Waals surface area contributed by atoms with Crippen LogP contribution in [0.3, 0.4) is 0 Å². The minimum Gasteiger partial charge on any atom is -0.508 e. The highest BCUT2D eigenvalue weighted by Crippen LogP contribution is 2.51. The highest BCUT2D eigenvalue weighted by atomic mass is 16.5. The molecule has 0 bridgehead atoms. The Bertz CT molecular complexity index is 1430. The lowest BCUT2D eigenvalue weighted by Crippen LogP contribution is -2.30. The third kappa shape index (κ3) is 4.42. The van der Waals surface area contributed by atoms with Crippen molar-refractivity contribution in [3.8, 4) is 28.7 Å². The highest BCUT2D eigenvalue weighted by molar-refractivity contribution is 6.02. The molecule has 0 spiro atoms. The Hall–Kier alpha value is -4.46. The summed E-state index contributed by atoms with van der Waals surface area (Å²) in [5.41, 5.74) is 4.70. The third-order valence-corrected chi connectivity index (χ3v) is 7.12. The molecule has 0 radical (unpaired) electrons. The average molecular weight is 514 g/mol. The third-order valence-electron chi connectivity index (χ3n) is 7.12. The largest absolute Gasteiger partial charge is 0.508 e. The number of aromatic hydroxyl groups is 2. The van der Waals surface area contributed by atoms with Gasteiger partial charge in [-0.05, 0) is 54.0 Å². The molecule has 0 aliphatic carbocycles. The van der Waals surface area contributed by atoms with Gasteiger partial charge in [-0.15, -0.1) is 0 Å². The van der Waals surface area contributed by atoms with E-state index in [0.29, 0.717) is 62.7 Å². The van der Waals surface area contributed by atoms with E-state index in [0.717, 1.165) is 27.8 Å². The van der Waals surface area contributed by atoms with E-state index in [1.807, 2.05) is 36.4 Å². The maximum absolute atomic E-state index is 11.8. The first kappa shape index (κ1) is 23.9. The number of imide groups is 1. The zero-order valence-electron chi connectivity index (χ0n) is 20.7. The monoisotopic (exact) mass is 513 g/mol. The van der Waals surface area contributed by atoms with Crippen molar-refractivity contribution in [2.24, 2.45) is 0 Å². The van der Waals surface area contributed by atoms with Gasteiger partial charge in [0.05, 0.1) is 13.2 Å². The zero-order valence-corrected chi connectivity index (χ0v) is 20.7. The molecule has 2 amide bonds. The van der Waals surface area contributed by atoms with Gasteiger partial charge in [-0.2, -0.15) is 0 Å². The second-order valence-electron chi connectivity index (χ2n) is 9.56. The first-order valence-electron chi connectivity index (χ1n) is 12.7. The number of carbonyl (C=O) groups is 2. The molecule has 3 heterocycles. The van der Waals surface area contributed by atoms with Gasteiger partial charge in [0.1, 0.15) is 34.9 Å². The van der Waals surface area contributed by atoms with Crippen LogP contribution in [0.15, 0.2) is 60.7 Å². The summed E-state index contributed by atoms with van der Waals surface area (Å²) in [5, 5.41) is 20.2. The summed E-state index contributed by atoms with van der Waals surface area (Å²) in [6, 6.07) is 17.9. The minimum atomic E-state index is -0.467. The number of rotatable bonds is 6. The fraction of sp³-hybridized carbons (Fsp3) is 0.267. The Morgan fingerprint density at radius 1 is 0.842 bits per heavy atom. The number of nitrogens with zero attached hydrogens (tertiary/aromatic N) is 1. The molecule has 3 aromatic carbocycles. The van der Waals surface area contributed by atoms with Crippen molar-refractivity contribution in [1.29, 1.82) is 0 Å². The summed E-state index contributed by atoms with van der Waals surface area (Å²) in [7, 11) is 0. The highest BCUT2D eigenvalue weighted by Gasteiger charge is 2.34. The van der Waals surface area contributed by atoms with Gasteiger partial charge < -0.3 is 24.4 Å². The summed E-state index contributed by atoms with van der Waals surface area (Å²) in [6.07, 6.45) is 1.33. The van der Waals surface area contributed by atoms with Crippen molar-refractivity contribution >= 4 is 23.0 Å². The zero-order chi connectivity index (χ0) is 26.2. The number of benzene rings is 3. The molecule has 3 aliphatic heterocycles. The number of phenolic OH excluding ortho intramolecular Hbond substituents is 2. The fourth-order valence-corrected chi connectivity index (χ4v) is 5.29. The van der Waals surface area contributed by atoms with Gasteiger partial charge in [0.15, 0.2) is 0 Å². The van der Waals surface area contributed by atoms with Crippen molar-refractivity contribution in [3.05, 3.63) is 77.4 Å². The lowest BCUT2D eigenvalue weighted by Gasteiger charge is -2.31. The SMILES string of the molecule is O=C1CCC(=O)N1CCCOc1ccc([C@H]2Oc3cc(O)ccc3C3=C2c2ccc(O)cc2OCC3)cc1. The van der Waals surface area contributed by atoms with Crippen LogP contribution in [-0.4, -0.2) is 46.7 Å². The van der Waals surface area contributed by atoms with Crippen LogP contribution in [0.5, 0.6) is 28.7 Å². The number of carbonyl (C=O) groups excluding carboxylic acids is 2. The Labute approximate surface area is 219 Å². The normalized spacial score (nSPS) is 18.2. The van der Waals surface area contributed by atoms with Crippen LogP contribution in [0.2, 0.25) is 0 Å². The second kappa shape index (κ2) is 9.78. The first-order valence-corrected chi connectivity index (χ1v) is 12.7. The van der Waals surface area contributed by atoms with Crippen molar-refractivity contribution in [2.75, 3.05) is 19.8 Å². The maximum Gasteiger partial charge on any atom is 0.229 e. The molecule has 2 N–H and O–H groups in total. The van der Waals surface area contributed by atoms with Crippen LogP contribution in [-0.2, 0) is 9.59 Å². The molecule has 1 fully saturated rings. The summed E-state index contributed by atoms with van der Waals surface area (Å²) >= 11 is 0. The van der Waals surface area contributed by atoms with Crippen LogP contribution in [0, 0.1) is 0 Å². The van der Waals surface area contributed by atoms with Gasteiger partial charge in [0.25, 0.3) is 0 Å². The smallest absolute Gasteiger partial charge is 0.229 e. The summed E-state index contributed by atoms with van der Waals surface area (Å²) in [4.78, 5) is 24.8. The first-order chi connectivity index (χ1) is 18.5. The van der Waals surface area contributed by atoms with E-state index in [4.69, 9.17) is 14.2 Å². The van der Waals surface area contributed by atoms with Crippen LogP contribution in [0.1, 0.15) is 48.5 Å². The molecule has 1 atom stereocenters. The van der Waals surface area contributed by atoms with Crippen LogP contribution < -0.4 is 14.2 Å². The fourth-order valence-electron chi connectivity index (χ4n) is 5.29. The van der Waals surface area contributed by atoms with Crippen molar-refractivity contribution < 1.29 is 34.0 Å². The van der Waals surface area contributed by atoms with Crippen molar-refractivity contribution in [3.63, 3.8) is 0 Å². The molecule has 0 saturated carbocycles. The van der Waals surface area contributed by atoms with Gasteiger partial charge in [0, 0.05) is 54.6 Å². The second-order valence-corrected chi connectivity index (χ2v) is 9.56. The Morgan fingerprint density at radius 3 is 2.26 bits per heavy atom. The molecule has 0 aromatic heterocycles. The predicted molar refractivity (Wildman–Crippen MR) is 139 cm³/mol. The molecular formula is C30H27NO7. The number of phenols is 2. The lowest BCUT2D eigenvalue weighted by atomic mass is 9.84. The molecule has 0 unspecified atom stereocenters. The number of fused-ring (bicyclic) bond motifs is 4. The summed E-state index contributed by atoms with van der Waals surface area (Å²) in [5.74, 6) is 1.90. The van der Waals surface area contributed by atoms with E-state index in [1.54, 1.807) is 24.3 Å². The minimum absolute atomic E-state index is 0.115. The number of amides is 2. The molecular weight excluding hydrogens is 486 g/mol. The van der Waals surface area contributed by atoms with Crippen LogP contribution in [0.25, 0.3) is 11.1 Å². The van der Waals surface area contributed by atoms with Crippen LogP contribution >= 0.6 is 0 Å². The molecule has 194 valence electrons. The number of hydrogen-bond donors (Lipinski definition) is 2. The van der Waals surface area contributed by atoms with E-state index in [-0.39, 0.29) is 23.3 Å². The predicted octanol–water partition coefficient (Wildman–Crippen LogP) is 4.84. The summed E-state index contributed by atoms with van der Waals surface area (Å²) in [6.45, 7) is 1.20. The van der Waals surface area contributed by atoms with Gasteiger partial charge >= 0.3 is 0 Å². The molecule has 38 heavy (non-hydrogen) atoms. The maximum atomic E-state index is 11.8. The molecule has 8 nitrogen and oxygen atoms in total. The van der Waals surface area contributed by atoms with Crippen molar-refractivity contribution in [2.45, 2.75) is 31.8 Å². The average Bonchev–Trinajstić information content (AvgIpc) is 3.11. The molecule has 3 aromatic rings. The molecule has 8 heteroatoms. The topological polar surface area (TPSA) is 106 Å². The summed E-state index contributed by atoms with van der Waals surface area (Å²) < 4.78 is 18.3. The number of hydrogen-bond acceptors (Lipinski definition) is 7.